The molecule has 1 fully saturated rings. The molecule has 4 heteroatoms. The summed E-state index contributed by atoms with van der Waals surface area (Å²) in [6.45, 7) is 2.87. The van der Waals surface area contributed by atoms with E-state index in [0.29, 0.717) is 4.90 Å². The SMILES string of the molecule is CCNC1CCCCCCC1S(=O)(=O)c1ccccc1. The van der Waals surface area contributed by atoms with Crippen molar-refractivity contribution in [2.24, 2.45) is 0 Å². The van der Waals surface area contributed by atoms with Crippen LogP contribution < -0.4 is 5.32 Å². The molecule has 0 radical (unpaired) electrons. The van der Waals surface area contributed by atoms with Crippen molar-refractivity contribution in [3.05, 3.63) is 30.3 Å². The van der Waals surface area contributed by atoms with Gasteiger partial charge in [0.05, 0.1) is 10.1 Å². The lowest BCUT2D eigenvalue weighted by Gasteiger charge is -2.29. The lowest BCUT2D eigenvalue weighted by atomic mass is 9.96. The van der Waals surface area contributed by atoms with Gasteiger partial charge in [-0.15, -0.1) is 0 Å². The lowest BCUT2D eigenvalue weighted by Crippen LogP contribution is -2.44. The van der Waals surface area contributed by atoms with Crippen LogP contribution in [0.1, 0.15) is 45.4 Å². The zero-order valence-electron chi connectivity index (χ0n) is 12.2. The quantitative estimate of drug-likeness (QED) is 0.928. The lowest BCUT2D eigenvalue weighted by molar-refractivity contribution is 0.392. The smallest absolute Gasteiger partial charge is 0.182 e. The van der Waals surface area contributed by atoms with Crippen molar-refractivity contribution in [2.75, 3.05) is 6.54 Å². The summed E-state index contributed by atoms with van der Waals surface area (Å²) in [6.07, 6.45) is 6.25. The van der Waals surface area contributed by atoms with E-state index in [-0.39, 0.29) is 11.3 Å². The molecule has 0 saturated heterocycles. The van der Waals surface area contributed by atoms with Crippen LogP contribution in [0.25, 0.3) is 0 Å². The second-order valence-corrected chi connectivity index (χ2v) is 7.72. The molecule has 1 aromatic rings. The molecule has 2 unspecified atom stereocenters. The highest BCUT2D eigenvalue weighted by Gasteiger charge is 2.34. The van der Waals surface area contributed by atoms with Gasteiger partial charge in [-0.3, -0.25) is 0 Å². The Morgan fingerprint density at radius 2 is 1.70 bits per heavy atom. The Kier molecular flexibility index (Phi) is 5.61. The van der Waals surface area contributed by atoms with Crippen molar-refractivity contribution in [2.45, 2.75) is 61.6 Å². The Hall–Kier alpha value is -0.870. The maximum atomic E-state index is 12.9. The monoisotopic (exact) mass is 295 g/mol. The fourth-order valence-corrected chi connectivity index (χ4v) is 5.13. The van der Waals surface area contributed by atoms with Gasteiger partial charge in [0, 0.05) is 6.04 Å². The minimum Gasteiger partial charge on any atom is -0.313 e. The average Bonchev–Trinajstić information content (AvgIpc) is 2.43. The second-order valence-electron chi connectivity index (χ2n) is 5.55. The molecule has 0 aromatic heterocycles. The summed E-state index contributed by atoms with van der Waals surface area (Å²) in [7, 11) is -3.24. The van der Waals surface area contributed by atoms with Gasteiger partial charge in [0.25, 0.3) is 0 Å². The summed E-state index contributed by atoms with van der Waals surface area (Å²) in [5, 5.41) is 3.11. The molecule has 3 nitrogen and oxygen atoms in total. The summed E-state index contributed by atoms with van der Waals surface area (Å²) in [6, 6.07) is 8.99. The van der Waals surface area contributed by atoms with E-state index in [1.165, 1.54) is 6.42 Å². The molecule has 1 aliphatic rings. The van der Waals surface area contributed by atoms with Crippen LogP contribution >= 0.6 is 0 Å². The summed E-state index contributed by atoms with van der Waals surface area (Å²) >= 11 is 0. The van der Waals surface area contributed by atoms with Gasteiger partial charge in [-0.05, 0) is 31.5 Å². The van der Waals surface area contributed by atoms with Gasteiger partial charge in [-0.25, -0.2) is 8.42 Å². The normalized spacial score (nSPS) is 24.9. The second kappa shape index (κ2) is 7.23. The van der Waals surface area contributed by atoms with E-state index < -0.39 is 9.84 Å². The van der Waals surface area contributed by atoms with Gasteiger partial charge in [0.2, 0.25) is 0 Å². The predicted octanol–water partition coefficient (Wildman–Crippen LogP) is 3.16. The molecule has 1 N–H and O–H groups in total. The Labute approximate surface area is 122 Å². The topological polar surface area (TPSA) is 46.2 Å². The van der Waals surface area contributed by atoms with Crippen molar-refractivity contribution in [1.29, 1.82) is 0 Å². The molecule has 0 bridgehead atoms. The zero-order valence-corrected chi connectivity index (χ0v) is 13.0. The molecule has 1 saturated carbocycles. The Balaban J connectivity index is 2.29. The van der Waals surface area contributed by atoms with Crippen LogP contribution in [0.3, 0.4) is 0 Å². The first-order chi connectivity index (χ1) is 9.66. The van der Waals surface area contributed by atoms with Gasteiger partial charge >= 0.3 is 0 Å². The summed E-state index contributed by atoms with van der Waals surface area (Å²) in [5.74, 6) is 0. The molecule has 1 aromatic carbocycles. The first kappa shape index (κ1) is 15.5. The van der Waals surface area contributed by atoms with Gasteiger partial charge in [-0.1, -0.05) is 50.8 Å². The molecular weight excluding hydrogens is 270 g/mol. The predicted molar refractivity (Wildman–Crippen MR) is 82.6 cm³/mol. The number of hydrogen-bond donors (Lipinski definition) is 1. The summed E-state index contributed by atoms with van der Waals surface area (Å²) in [4.78, 5) is 0.466. The van der Waals surface area contributed by atoms with Crippen LogP contribution in [0.5, 0.6) is 0 Å². The first-order valence-electron chi connectivity index (χ1n) is 7.68. The molecule has 0 spiro atoms. The van der Waals surface area contributed by atoms with Crippen molar-refractivity contribution in [1.82, 2.24) is 5.32 Å². The summed E-state index contributed by atoms with van der Waals surface area (Å²) in [5.41, 5.74) is 0. The fourth-order valence-electron chi connectivity index (χ4n) is 3.10. The molecule has 0 heterocycles. The van der Waals surface area contributed by atoms with Crippen molar-refractivity contribution >= 4 is 9.84 Å². The highest BCUT2D eigenvalue weighted by molar-refractivity contribution is 7.92. The molecule has 20 heavy (non-hydrogen) atoms. The van der Waals surface area contributed by atoms with Gasteiger partial charge in [0.1, 0.15) is 0 Å². The highest BCUT2D eigenvalue weighted by Crippen LogP contribution is 2.27. The molecule has 0 amide bonds. The molecule has 2 atom stereocenters. The molecule has 1 aliphatic carbocycles. The van der Waals surface area contributed by atoms with Gasteiger partial charge in [-0.2, -0.15) is 0 Å². The molecule has 112 valence electrons. The number of rotatable bonds is 4. The van der Waals surface area contributed by atoms with Crippen molar-refractivity contribution in [3.8, 4) is 0 Å². The van der Waals surface area contributed by atoms with Crippen LogP contribution in [-0.2, 0) is 9.84 Å². The Bertz CT molecular complexity index is 498. The number of sulfone groups is 1. The molecule has 0 aliphatic heterocycles. The van der Waals surface area contributed by atoms with E-state index in [9.17, 15) is 8.42 Å². The minimum absolute atomic E-state index is 0.0884. The zero-order chi connectivity index (χ0) is 14.4. The standard InChI is InChI=1S/C16H25NO2S/c1-2-17-15-12-8-3-4-9-13-16(15)20(18,19)14-10-6-5-7-11-14/h5-7,10-11,15-17H,2-4,8-9,12-13H2,1H3. The van der Waals surface area contributed by atoms with Crippen molar-refractivity contribution < 1.29 is 8.42 Å². The number of benzene rings is 1. The largest absolute Gasteiger partial charge is 0.313 e. The highest BCUT2D eigenvalue weighted by atomic mass is 32.2. The van der Waals surface area contributed by atoms with E-state index in [1.807, 2.05) is 13.0 Å². The van der Waals surface area contributed by atoms with Crippen LogP contribution in [0.4, 0.5) is 0 Å². The van der Waals surface area contributed by atoms with Crippen LogP contribution in [0.15, 0.2) is 35.2 Å². The fraction of sp³-hybridized carbons (Fsp3) is 0.625. The van der Waals surface area contributed by atoms with Crippen LogP contribution in [-0.4, -0.2) is 26.3 Å². The van der Waals surface area contributed by atoms with Crippen LogP contribution in [0.2, 0.25) is 0 Å². The average molecular weight is 295 g/mol. The van der Waals surface area contributed by atoms with E-state index in [2.05, 4.69) is 5.32 Å². The minimum atomic E-state index is -3.24. The first-order valence-corrected chi connectivity index (χ1v) is 9.23. The van der Waals surface area contributed by atoms with E-state index in [0.717, 1.165) is 38.6 Å². The third-order valence-electron chi connectivity index (χ3n) is 4.14. The van der Waals surface area contributed by atoms with Gasteiger partial charge in [0.15, 0.2) is 9.84 Å². The molecular formula is C16H25NO2S. The van der Waals surface area contributed by atoms with Gasteiger partial charge < -0.3 is 5.32 Å². The number of hydrogen-bond acceptors (Lipinski definition) is 3. The Morgan fingerprint density at radius 3 is 2.35 bits per heavy atom. The third-order valence-corrected chi connectivity index (χ3v) is 6.43. The van der Waals surface area contributed by atoms with Crippen LogP contribution in [0, 0.1) is 0 Å². The maximum absolute atomic E-state index is 12.9. The van der Waals surface area contributed by atoms with E-state index in [1.54, 1.807) is 24.3 Å². The van der Waals surface area contributed by atoms with Crippen molar-refractivity contribution in [3.63, 3.8) is 0 Å². The maximum Gasteiger partial charge on any atom is 0.182 e. The van der Waals surface area contributed by atoms with E-state index in [4.69, 9.17) is 0 Å². The summed E-state index contributed by atoms with van der Waals surface area (Å²) < 4.78 is 25.8. The van der Waals surface area contributed by atoms with E-state index >= 15 is 0 Å². The Morgan fingerprint density at radius 1 is 1.05 bits per heavy atom. The number of nitrogens with one attached hydrogen (secondary N) is 1. The molecule has 2 rings (SSSR count). The third kappa shape index (κ3) is 3.61.